The summed E-state index contributed by atoms with van der Waals surface area (Å²) in [5, 5.41) is 0.207. The molecule has 0 N–H and O–H groups in total. The number of hydrogen-bond donors (Lipinski definition) is 0. The van der Waals surface area contributed by atoms with E-state index in [1.807, 2.05) is 0 Å². The minimum Gasteiger partial charge on any atom is -0.292 e. The third kappa shape index (κ3) is 2.75. The molecule has 0 aliphatic carbocycles. The molecule has 1 aliphatic rings. The minimum atomic E-state index is -1.06. The molecule has 1 aliphatic heterocycles. The van der Waals surface area contributed by atoms with Crippen molar-refractivity contribution >= 4 is 46.8 Å². The van der Waals surface area contributed by atoms with Crippen molar-refractivity contribution in [2.24, 2.45) is 0 Å². The maximum atomic E-state index is 12.2. The maximum Gasteiger partial charge on any atom is 0.334 e. The summed E-state index contributed by atoms with van der Waals surface area (Å²) < 4.78 is 0. The van der Waals surface area contributed by atoms with Gasteiger partial charge in [0.05, 0.1) is 16.6 Å². The van der Waals surface area contributed by atoms with Gasteiger partial charge in [0.1, 0.15) is 0 Å². The summed E-state index contributed by atoms with van der Waals surface area (Å²) in [6, 6.07) is 3.58. The fourth-order valence-corrected chi connectivity index (χ4v) is 2.33. The van der Waals surface area contributed by atoms with Gasteiger partial charge in [-0.2, -0.15) is 0 Å². The number of benzene rings is 1. The SMILES string of the molecule is C=CCN1C(=O)C(=O)N(CC(=O)c2cccc(Cl)c2Cl)C1=O. The zero-order valence-corrected chi connectivity index (χ0v) is 12.7. The van der Waals surface area contributed by atoms with Crippen molar-refractivity contribution in [3.8, 4) is 0 Å². The number of nitrogens with zero attached hydrogens (tertiary/aromatic N) is 2. The summed E-state index contributed by atoms with van der Waals surface area (Å²) in [6.07, 6.45) is 1.31. The van der Waals surface area contributed by atoms with Gasteiger partial charge in [-0.05, 0) is 12.1 Å². The predicted molar refractivity (Wildman–Crippen MR) is 79.8 cm³/mol. The second kappa shape index (κ2) is 6.29. The molecule has 0 saturated carbocycles. The Balaban J connectivity index is 2.23. The van der Waals surface area contributed by atoms with E-state index in [0.717, 1.165) is 0 Å². The zero-order chi connectivity index (χ0) is 16.4. The summed E-state index contributed by atoms with van der Waals surface area (Å²) in [5.41, 5.74) is 0.0735. The summed E-state index contributed by atoms with van der Waals surface area (Å²) in [7, 11) is 0. The van der Waals surface area contributed by atoms with Crippen molar-refractivity contribution in [3.63, 3.8) is 0 Å². The third-order valence-electron chi connectivity index (χ3n) is 3.00. The summed E-state index contributed by atoms with van der Waals surface area (Å²) in [6.45, 7) is 2.71. The second-order valence-corrected chi connectivity index (χ2v) is 5.19. The lowest BCUT2D eigenvalue weighted by Gasteiger charge is -2.14. The van der Waals surface area contributed by atoms with Crippen LogP contribution in [-0.2, 0) is 9.59 Å². The molecule has 2 rings (SSSR count). The van der Waals surface area contributed by atoms with Gasteiger partial charge in [0.25, 0.3) is 0 Å². The normalized spacial score (nSPS) is 14.7. The zero-order valence-electron chi connectivity index (χ0n) is 11.2. The highest BCUT2D eigenvalue weighted by atomic mass is 35.5. The first-order valence-corrected chi connectivity index (χ1v) is 6.89. The number of urea groups is 1. The molecule has 1 aromatic carbocycles. The van der Waals surface area contributed by atoms with Crippen LogP contribution in [-0.4, -0.2) is 46.5 Å². The highest BCUT2D eigenvalue weighted by molar-refractivity contribution is 6.46. The lowest BCUT2D eigenvalue weighted by molar-refractivity contribution is -0.142. The Labute approximate surface area is 135 Å². The second-order valence-electron chi connectivity index (χ2n) is 4.40. The lowest BCUT2D eigenvalue weighted by atomic mass is 10.1. The van der Waals surface area contributed by atoms with Crippen molar-refractivity contribution in [2.75, 3.05) is 13.1 Å². The lowest BCUT2D eigenvalue weighted by Crippen LogP contribution is -2.37. The van der Waals surface area contributed by atoms with Crippen LogP contribution in [0.4, 0.5) is 4.79 Å². The number of rotatable bonds is 5. The largest absolute Gasteiger partial charge is 0.334 e. The van der Waals surface area contributed by atoms with Crippen molar-refractivity contribution in [2.45, 2.75) is 0 Å². The van der Waals surface area contributed by atoms with E-state index < -0.39 is 30.2 Å². The van der Waals surface area contributed by atoms with Crippen LogP contribution in [0.15, 0.2) is 30.9 Å². The molecular formula is C14H10Cl2N2O4. The molecule has 1 heterocycles. The van der Waals surface area contributed by atoms with E-state index in [-0.39, 0.29) is 22.2 Å². The molecule has 4 amide bonds. The van der Waals surface area contributed by atoms with Crippen molar-refractivity contribution in [3.05, 3.63) is 46.5 Å². The average Bonchev–Trinajstić information content (AvgIpc) is 2.68. The van der Waals surface area contributed by atoms with E-state index in [2.05, 4.69) is 6.58 Å². The van der Waals surface area contributed by atoms with E-state index in [9.17, 15) is 19.2 Å². The topological polar surface area (TPSA) is 74.8 Å². The molecule has 114 valence electrons. The smallest absolute Gasteiger partial charge is 0.292 e. The molecule has 0 atom stereocenters. The Bertz CT molecular complexity index is 702. The Morgan fingerprint density at radius 3 is 2.41 bits per heavy atom. The monoisotopic (exact) mass is 340 g/mol. The van der Waals surface area contributed by atoms with Crippen LogP contribution < -0.4 is 0 Å². The van der Waals surface area contributed by atoms with Crippen LogP contribution >= 0.6 is 23.2 Å². The van der Waals surface area contributed by atoms with E-state index in [4.69, 9.17) is 23.2 Å². The van der Waals surface area contributed by atoms with Gasteiger partial charge in [-0.3, -0.25) is 19.3 Å². The first kappa shape index (κ1) is 16.2. The van der Waals surface area contributed by atoms with Crippen molar-refractivity contribution in [1.29, 1.82) is 0 Å². The number of halogens is 2. The first-order chi connectivity index (χ1) is 10.4. The standard InChI is InChI=1S/C14H10Cl2N2O4/c1-2-6-17-12(20)13(21)18(14(17)22)7-10(19)8-4-3-5-9(15)11(8)16/h2-5H,1,6-7H2. The highest BCUT2D eigenvalue weighted by Gasteiger charge is 2.44. The summed E-state index contributed by atoms with van der Waals surface area (Å²) >= 11 is 11.7. The quantitative estimate of drug-likeness (QED) is 0.356. The minimum absolute atomic E-state index is 0.0301. The number of Topliss-reactive ketones (excluding diaryl/α,β-unsaturated/α-hetero) is 1. The highest BCUT2D eigenvalue weighted by Crippen LogP contribution is 2.26. The predicted octanol–water partition coefficient (Wildman–Crippen LogP) is 2.15. The molecule has 0 radical (unpaired) electrons. The van der Waals surface area contributed by atoms with Gasteiger partial charge in [-0.15, -0.1) is 6.58 Å². The van der Waals surface area contributed by atoms with E-state index in [1.165, 1.54) is 24.3 Å². The fraction of sp³-hybridized carbons (Fsp3) is 0.143. The third-order valence-corrected chi connectivity index (χ3v) is 3.82. The van der Waals surface area contributed by atoms with Crippen LogP contribution in [0.3, 0.4) is 0 Å². The molecule has 8 heteroatoms. The van der Waals surface area contributed by atoms with E-state index >= 15 is 0 Å². The molecule has 0 bridgehead atoms. The number of ketones is 1. The maximum absolute atomic E-state index is 12.2. The number of carbonyl (C=O) groups excluding carboxylic acids is 4. The van der Waals surface area contributed by atoms with Crippen LogP contribution in [0.25, 0.3) is 0 Å². The van der Waals surface area contributed by atoms with Gasteiger partial charge in [-0.1, -0.05) is 35.3 Å². The Kier molecular flexibility index (Phi) is 4.63. The Morgan fingerprint density at radius 2 is 1.77 bits per heavy atom. The van der Waals surface area contributed by atoms with Gasteiger partial charge in [-0.25, -0.2) is 9.69 Å². The van der Waals surface area contributed by atoms with Crippen molar-refractivity contribution < 1.29 is 19.2 Å². The van der Waals surface area contributed by atoms with Gasteiger partial charge >= 0.3 is 17.8 Å². The number of hydrogen-bond acceptors (Lipinski definition) is 4. The van der Waals surface area contributed by atoms with E-state index in [0.29, 0.717) is 9.80 Å². The number of carbonyl (C=O) groups is 4. The molecule has 1 fully saturated rings. The van der Waals surface area contributed by atoms with Crippen LogP contribution in [0.1, 0.15) is 10.4 Å². The number of imide groups is 2. The summed E-state index contributed by atoms with van der Waals surface area (Å²) in [5.74, 6) is -2.64. The molecular weight excluding hydrogens is 331 g/mol. The van der Waals surface area contributed by atoms with Gasteiger partial charge < -0.3 is 0 Å². The van der Waals surface area contributed by atoms with Gasteiger partial charge in [0.15, 0.2) is 5.78 Å². The van der Waals surface area contributed by atoms with Gasteiger partial charge in [0, 0.05) is 12.1 Å². The molecule has 1 saturated heterocycles. The molecule has 6 nitrogen and oxygen atoms in total. The Morgan fingerprint density at radius 1 is 1.14 bits per heavy atom. The van der Waals surface area contributed by atoms with Crippen molar-refractivity contribution in [1.82, 2.24) is 9.80 Å². The average molecular weight is 341 g/mol. The van der Waals surface area contributed by atoms with Crippen LogP contribution in [0.2, 0.25) is 10.0 Å². The molecule has 0 spiro atoms. The van der Waals surface area contributed by atoms with Crippen LogP contribution in [0, 0.1) is 0 Å². The molecule has 1 aromatic rings. The molecule has 0 aromatic heterocycles. The molecule has 0 unspecified atom stereocenters. The Hall–Kier alpha value is -2.18. The first-order valence-electron chi connectivity index (χ1n) is 6.14. The van der Waals surface area contributed by atoms with Gasteiger partial charge in [0.2, 0.25) is 0 Å². The fourth-order valence-electron chi connectivity index (χ4n) is 1.93. The van der Waals surface area contributed by atoms with E-state index in [1.54, 1.807) is 0 Å². The summed E-state index contributed by atoms with van der Waals surface area (Å²) in [4.78, 5) is 48.9. The van der Waals surface area contributed by atoms with Crippen LogP contribution in [0.5, 0.6) is 0 Å². The molecule has 22 heavy (non-hydrogen) atoms. The number of amides is 4.